The molecule has 1 aromatic heterocycles. The van der Waals surface area contributed by atoms with Crippen molar-refractivity contribution in [2.75, 3.05) is 25.0 Å². The Morgan fingerprint density at radius 1 is 1.35 bits per heavy atom. The number of halogens is 2. The van der Waals surface area contributed by atoms with Gasteiger partial charge in [0.15, 0.2) is 0 Å². The Morgan fingerprint density at radius 2 is 2.15 bits per heavy atom. The summed E-state index contributed by atoms with van der Waals surface area (Å²) in [6, 6.07) is -0.987. The maximum atomic E-state index is 13.4. The van der Waals surface area contributed by atoms with Gasteiger partial charge in [0.05, 0.1) is 12.5 Å². The number of aromatic nitrogens is 3. The summed E-state index contributed by atoms with van der Waals surface area (Å²) >= 11 is 0. The van der Waals surface area contributed by atoms with Crippen LogP contribution in [0, 0.1) is 5.92 Å². The summed E-state index contributed by atoms with van der Waals surface area (Å²) in [4.78, 5) is 18.4. The second kappa shape index (κ2) is 7.46. The number of hydrogen-bond acceptors (Lipinski definition) is 5. The molecule has 4 heterocycles. The normalized spacial score (nSPS) is 29.7. The molecule has 1 aromatic rings. The predicted molar refractivity (Wildman–Crippen MR) is 90.0 cm³/mol. The Labute approximate surface area is 151 Å². The van der Waals surface area contributed by atoms with E-state index in [9.17, 15) is 13.6 Å². The molecule has 0 aromatic carbocycles. The van der Waals surface area contributed by atoms with Crippen LogP contribution in [0.2, 0.25) is 0 Å². The van der Waals surface area contributed by atoms with Crippen LogP contribution in [0.15, 0.2) is 6.33 Å². The average Bonchev–Trinajstić information content (AvgIpc) is 3.32. The van der Waals surface area contributed by atoms with Crippen LogP contribution < -0.4 is 5.32 Å². The van der Waals surface area contributed by atoms with Gasteiger partial charge in [0.25, 0.3) is 6.43 Å². The smallest absolute Gasteiger partial charge is 0.260 e. The lowest BCUT2D eigenvalue weighted by atomic mass is 9.85. The van der Waals surface area contributed by atoms with Gasteiger partial charge in [0.2, 0.25) is 11.9 Å². The molecule has 3 atom stereocenters. The van der Waals surface area contributed by atoms with Crippen molar-refractivity contribution in [1.29, 1.82) is 0 Å². The second-order valence-electron chi connectivity index (χ2n) is 7.47. The van der Waals surface area contributed by atoms with Crippen molar-refractivity contribution in [2.24, 2.45) is 5.92 Å². The van der Waals surface area contributed by atoms with Crippen molar-refractivity contribution >= 4 is 11.9 Å². The number of nitrogens with one attached hydrogen (secondary N) is 1. The molecule has 144 valence electrons. The van der Waals surface area contributed by atoms with Crippen LogP contribution in [0.25, 0.3) is 0 Å². The molecule has 4 rings (SSSR count). The topological polar surface area (TPSA) is 72.3 Å². The van der Waals surface area contributed by atoms with Crippen LogP contribution in [0.5, 0.6) is 0 Å². The van der Waals surface area contributed by atoms with Crippen LogP contribution in [0.3, 0.4) is 0 Å². The highest BCUT2D eigenvalue weighted by atomic mass is 19.3. The number of likely N-dealkylation sites (tertiary alicyclic amines) is 1. The fourth-order valence-corrected chi connectivity index (χ4v) is 4.38. The summed E-state index contributed by atoms with van der Waals surface area (Å²) in [5.41, 5.74) is 0. The largest absolute Gasteiger partial charge is 0.378 e. The molecule has 2 saturated heterocycles. The predicted octanol–water partition coefficient (Wildman–Crippen LogP) is 2.08. The van der Waals surface area contributed by atoms with Gasteiger partial charge in [0, 0.05) is 25.7 Å². The first-order chi connectivity index (χ1) is 12.6. The minimum atomic E-state index is -2.46. The number of nitrogens with zero attached hydrogens (tertiary/aromatic N) is 4. The highest BCUT2D eigenvalue weighted by Gasteiger charge is 2.38. The van der Waals surface area contributed by atoms with E-state index in [4.69, 9.17) is 4.74 Å². The molecule has 0 aliphatic carbocycles. The van der Waals surface area contributed by atoms with Crippen LogP contribution in [-0.4, -0.2) is 63.8 Å². The van der Waals surface area contributed by atoms with Crippen molar-refractivity contribution in [3.8, 4) is 0 Å². The van der Waals surface area contributed by atoms with Gasteiger partial charge in [-0.1, -0.05) is 0 Å². The molecule has 26 heavy (non-hydrogen) atoms. The Balaban J connectivity index is 1.32. The SMILES string of the molecule is O=C(C[C@@H]1CCCO1)N1CCC([C@@H]2C[C@H](C(F)F)n3ncnc3N2)CC1. The van der Waals surface area contributed by atoms with Crippen LogP contribution in [0.1, 0.15) is 44.6 Å². The molecular formula is C17H25F2N5O2. The van der Waals surface area contributed by atoms with Crippen molar-refractivity contribution in [3.63, 3.8) is 0 Å². The van der Waals surface area contributed by atoms with Crippen LogP contribution in [-0.2, 0) is 9.53 Å². The summed E-state index contributed by atoms with van der Waals surface area (Å²) < 4.78 is 33.6. The van der Waals surface area contributed by atoms with Crippen molar-refractivity contribution < 1.29 is 18.3 Å². The number of fused-ring (bicyclic) bond motifs is 1. The number of piperidine rings is 1. The second-order valence-corrected chi connectivity index (χ2v) is 7.47. The summed E-state index contributed by atoms with van der Waals surface area (Å²) in [6.45, 7) is 2.12. The van der Waals surface area contributed by atoms with E-state index in [1.807, 2.05) is 4.90 Å². The van der Waals surface area contributed by atoms with Gasteiger partial charge >= 0.3 is 0 Å². The number of hydrogen-bond donors (Lipinski definition) is 1. The fraction of sp³-hybridized carbons (Fsp3) is 0.824. The molecule has 0 bridgehead atoms. The van der Waals surface area contributed by atoms with Crippen molar-refractivity contribution in [3.05, 3.63) is 6.33 Å². The zero-order valence-corrected chi connectivity index (χ0v) is 14.7. The number of rotatable bonds is 4. The lowest BCUT2D eigenvalue weighted by molar-refractivity contribution is -0.135. The summed E-state index contributed by atoms with van der Waals surface area (Å²) in [5.74, 6) is 0.828. The number of carbonyl (C=O) groups is 1. The third-order valence-electron chi connectivity index (χ3n) is 5.88. The quantitative estimate of drug-likeness (QED) is 0.880. The maximum Gasteiger partial charge on any atom is 0.260 e. The molecule has 1 amide bonds. The molecule has 9 heteroatoms. The zero-order chi connectivity index (χ0) is 18.1. The minimum absolute atomic E-state index is 0.0545. The first-order valence-electron chi connectivity index (χ1n) is 9.45. The van der Waals surface area contributed by atoms with Gasteiger partial charge < -0.3 is 15.0 Å². The van der Waals surface area contributed by atoms with E-state index in [0.717, 1.165) is 32.3 Å². The third kappa shape index (κ3) is 3.54. The molecule has 1 N–H and O–H groups in total. The number of anilines is 1. The average molecular weight is 369 g/mol. The molecule has 0 radical (unpaired) electrons. The van der Waals surface area contributed by atoms with Gasteiger partial charge in [-0.05, 0) is 38.0 Å². The van der Waals surface area contributed by atoms with Gasteiger partial charge in [-0.3, -0.25) is 4.79 Å². The van der Waals surface area contributed by atoms with Crippen LogP contribution >= 0.6 is 0 Å². The highest BCUT2D eigenvalue weighted by Crippen LogP contribution is 2.35. The Bertz CT molecular complexity index is 626. The molecule has 2 fully saturated rings. The summed E-state index contributed by atoms with van der Waals surface area (Å²) in [7, 11) is 0. The number of amides is 1. The Hall–Kier alpha value is -1.77. The van der Waals surface area contributed by atoms with E-state index < -0.39 is 12.5 Å². The number of carbonyl (C=O) groups excluding carboxylic acids is 1. The Morgan fingerprint density at radius 3 is 2.85 bits per heavy atom. The lowest BCUT2D eigenvalue weighted by Gasteiger charge is -2.40. The monoisotopic (exact) mass is 369 g/mol. The molecule has 0 spiro atoms. The van der Waals surface area contributed by atoms with Gasteiger partial charge in [-0.2, -0.15) is 10.1 Å². The van der Waals surface area contributed by atoms with E-state index in [1.165, 1.54) is 11.0 Å². The number of alkyl halides is 2. The third-order valence-corrected chi connectivity index (χ3v) is 5.88. The van der Waals surface area contributed by atoms with Crippen LogP contribution in [0.4, 0.5) is 14.7 Å². The minimum Gasteiger partial charge on any atom is -0.378 e. The standard InChI is InChI=1S/C17H25F2N5O2/c18-16(19)14-9-13(22-17-20-10-21-24(14)17)11-3-5-23(6-4-11)15(25)8-12-2-1-7-26-12/h10-14,16H,1-9H2,(H,20,21,22)/t12-,13-,14+/m0/s1. The first kappa shape index (κ1) is 17.6. The molecule has 7 nitrogen and oxygen atoms in total. The summed E-state index contributed by atoms with van der Waals surface area (Å²) in [6.07, 6.45) is 3.34. The van der Waals surface area contributed by atoms with E-state index in [0.29, 0.717) is 31.9 Å². The first-order valence-corrected chi connectivity index (χ1v) is 9.45. The lowest BCUT2D eigenvalue weighted by Crippen LogP contribution is -2.46. The highest BCUT2D eigenvalue weighted by molar-refractivity contribution is 5.76. The van der Waals surface area contributed by atoms with Crippen molar-refractivity contribution in [2.45, 2.75) is 63.1 Å². The molecule has 3 aliphatic rings. The maximum absolute atomic E-state index is 13.4. The molecule has 3 aliphatic heterocycles. The number of ether oxygens (including phenoxy) is 1. The van der Waals surface area contributed by atoms with E-state index in [2.05, 4.69) is 15.4 Å². The van der Waals surface area contributed by atoms with E-state index in [-0.39, 0.29) is 24.0 Å². The Kier molecular flexibility index (Phi) is 5.06. The summed E-state index contributed by atoms with van der Waals surface area (Å²) in [5, 5.41) is 7.19. The van der Waals surface area contributed by atoms with Crippen molar-refractivity contribution in [1.82, 2.24) is 19.7 Å². The van der Waals surface area contributed by atoms with Gasteiger partial charge in [-0.25, -0.2) is 13.5 Å². The molecular weight excluding hydrogens is 344 g/mol. The molecule has 0 unspecified atom stereocenters. The molecule has 0 saturated carbocycles. The van der Waals surface area contributed by atoms with E-state index in [1.54, 1.807) is 0 Å². The van der Waals surface area contributed by atoms with Gasteiger partial charge in [-0.15, -0.1) is 0 Å². The fourth-order valence-electron chi connectivity index (χ4n) is 4.38. The van der Waals surface area contributed by atoms with Gasteiger partial charge in [0.1, 0.15) is 12.4 Å². The van der Waals surface area contributed by atoms with E-state index >= 15 is 0 Å². The zero-order valence-electron chi connectivity index (χ0n) is 14.7.